The smallest absolute Gasteiger partial charge is 0.410 e. The highest BCUT2D eigenvalue weighted by Gasteiger charge is 2.40. The van der Waals surface area contributed by atoms with Gasteiger partial charge in [0.1, 0.15) is 6.61 Å². The third kappa shape index (κ3) is 4.80. The summed E-state index contributed by atoms with van der Waals surface area (Å²) in [5, 5.41) is 0. The van der Waals surface area contributed by atoms with Gasteiger partial charge in [-0.3, -0.25) is 4.90 Å². The maximum absolute atomic E-state index is 13.2. The molecule has 2 unspecified atom stereocenters. The zero-order valence-electron chi connectivity index (χ0n) is 20.7. The topological polar surface area (TPSA) is 29.5 Å². The molecule has 0 spiro atoms. The van der Waals surface area contributed by atoms with E-state index in [4.69, 9.17) is 4.74 Å². The molecule has 2 aliphatic heterocycles. The lowest BCUT2D eigenvalue weighted by atomic mass is 9.96. The first-order chi connectivity index (χ1) is 16.8. The summed E-state index contributed by atoms with van der Waals surface area (Å²) in [6.07, 6.45) is 16.2. The Labute approximate surface area is 205 Å². The summed E-state index contributed by atoms with van der Waals surface area (Å²) in [6.45, 7) is 2.69. The second-order valence-corrected chi connectivity index (χ2v) is 10.4. The van der Waals surface area contributed by atoms with Gasteiger partial charge in [-0.2, -0.15) is 0 Å². The Morgan fingerprint density at radius 2 is 1.53 bits per heavy atom. The van der Waals surface area contributed by atoms with Crippen LogP contribution >= 0.6 is 0 Å². The van der Waals surface area contributed by atoms with Crippen molar-refractivity contribution in [3.63, 3.8) is 0 Å². The lowest BCUT2D eigenvalue weighted by Crippen LogP contribution is -2.43. The largest absolute Gasteiger partial charge is 0.448 e. The van der Waals surface area contributed by atoms with Crippen molar-refractivity contribution < 1.29 is 9.53 Å². The van der Waals surface area contributed by atoms with Gasteiger partial charge in [-0.05, 0) is 54.4 Å². The first-order valence-electron chi connectivity index (χ1n) is 13.6. The van der Waals surface area contributed by atoms with Crippen LogP contribution in [0.2, 0.25) is 0 Å². The molecular formula is C31H39NO2. The molecule has 0 radical (unpaired) electrons. The van der Waals surface area contributed by atoms with Gasteiger partial charge < -0.3 is 4.74 Å². The van der Waals surface area contributed by atoms with E-state index in [1.165, 1.54) is 73.6 Å². The number of hydrogen-bond donors (Lipinski definition) is 0. The predicted octanol–water partition coefficient (Wildman–Crippen LogP) is 8.24. The minimum atomic E-state index is -0.124. The minimum Gasteiger partial charge on any atom is -0.448 e. The average molecular weight is 458 g/mol. The molecule has 2 heterocycles. The molecule has 1 saturated heterocycles. The van der Waals surface area contributed by atoms with E-state index in [1.54, 1.807) is 5.57 Å². The number of unbranched alkanes of at least 4 members (excludes halogenated alkanes) is 6. The summed E-state index contributed by atoms with van der Waals surface area (Å²) in [7, 11) is 0. The second-order valence-electron chi connectivity index (χ2n) is 10.4. The first kappa shape index (κ1) is 23.2. The Morgan fingerprint density at radius 3 is 2.21 bits per heavy atom. The van der Waals surface area contributed by atoms with Crippen LogP contribution in [0.15, 0.2) is 60.2 Å². The van der Waals surface area contributed by atoms with E-state index in [9.17, 15) is 4.79 Å². The zero-order valence-corrected chi connectivity index (χ0v) is 20.7. The lowest BCUT2D eigenvalue weighted by Gasteiger charge is -2.33. The third-order valence-corrected chi connectivity index (χ3v) is 8.12. The van der Waals surface area contributed by atoms with Crippen LogP contribution in [0.3, 0.4) is 0 Å². The molecule has 0 saturated carbocycles. The summed E-state index contributed by atoms with van der Waals surface area (Å²) in [4.78, 5) is 15.2. The highest BCUT2D eigenvalue weighted by Crippen LogP contribution is 2.45. The van der Waals surface area contributed by atoms with Gasteiger partial charge in [-0.25, -0.2) is 4.79 Å². The molecule has 3 heteroatoms. The van der Waals surface area contributed by atoms with Crippen LogP contribution in [0, 0.1) is 0 Å². The number of nitrogens with zero attached hydrogens (tertiary/aromatic N) is 1. The molecule has 0 N–H and O–H groups in total. The molecule has 2 bridgehead atoms. The van der Waals surface area contributed by atoms with Crippen LogP contribution in [0.1, 0.15) is 94.6 Å². The molecule has 2 aromatic carbocycles. The number of fused-ring (bicyclic) bond motifs is 5. The molecule has 2 atom stereocenters. The monoisotopic (exact) mass is 457 g/mol. The van der Waals surface area contributed by atoms with Gasteiger partial charge in [-0.1, -0.05) is 106 Å². The second kappa shape index (κ2) is 10.8. The Hall–Kier alpha value is -2.55. The van der Waals surface area contributed by atoms with Crippen LogP contribution < -0.4 is 0 Å². The Morgan fingerprint density at radius 1 is 0.882 bits per heavy atom. The predicted molar refractivity (Wildman–Crippen MR) is 139 cm³/mol. The molecule has 5 rings (SSSR count). The number of carbonyl (C=O) groups excluding carboxylic acids is 1. The number of amides is 1. The van der Waals surface area contributed by atoms with E-state index in [0.717, 1.165) is 19.3 Å². The molecule has 1 amide bonds. The fourth-order valence-corrected chi connectivity index (χ4v) is 6.37. The molecule has 1 aliphatic carbocycles. The van der Waals surface area contributed by atoms with E-state index in [-0.39, 0.29) is 18.1 Å². The number of rotatable bonds is 10. The molecule has 1 fully saturated rings. The first-order valence-corrected chi connectivity index (χ1v) is 13.6. The lowest BCUT2D eigenvalue weighted by molar-refractivity contribution is 0.0848. The summed E-state index contributed by atoms with van der Waals surface area (Å²) >= 11 is 0. The van der Waals surface area contributed by atoms with Gasteiger partial charge in [0, 0.05) is 12.0 Å². The van der Waals surface area contributed by atoms with Crippen LogP contribution in [-0.2, 0) is 4.74 Å². The van der Waals surface area contributed by atoms with E-state index in [0.29, 0.717) is 12.6 Å². The maximum atomic E-state index is 13.2. The molecule has 3 aliphatic rings. The highest BCUT2D eigenvalue weighted by atomic mass is 16.6. The number of benzene rings is 2. The van der Waals surface area contributed by atoms with Crippen molar-refractivity contribution in [2.75, 3.05) is 6.61 Å². The number of ether oxygens (including phenoxy) is 1. The van der Waals surface area contributed by atoms with Crippen molar-refractivity contribution in [3.8, 4) is 11.1 Å². The summed E-state index contributed by atoms with van der Waals surface area (Å²) in [5.41, 5.74) is 6.67. The Kier molecular flexibility index (Phi) is 7.37. The van der Waals surface area contributed by atoms with Crippen molar-refractivity contribution >= 4 is 6.09 Å². The van der Waals surface area contributed by atoms with E-state index in [1.807, 2.05) is 4.90 Å². The Balaban J connectivity index is 1.15. The van der Waals surface area contributed by atoms with E-state index < -0.39 is 0 Å². The fraction of sp³-hybridized carbons (Fsp3) is 0.516. The van der Waals surface area contributed by atoms with Crippen molar-refractivity contribution in [2.45, 2.75) is 95.6 Å². The van der Waals surface area contributed by atoms with Gasteiger partial charge >= 0.3 is 6.09 Å². The van der Waals surface area contributed by atoms with Gasteiger partial charge in [-0.15, -0.1) is 0 Å². The standard InChI is InChI=1S/C31H39NO2/c1-2-3-4-5-6-7-8-13-23-20-24-18-19-25(21-23)32(24)31(33)34-22-30-28-16-11-9-14-26(28)27-15-10-12-17-29(27)30/h9-12,14-17,20,24-25,30H,2-8,13,18-19,21-22H2,1H3. The van der Waals surface area contributed by atoms with E-state index in [2.05, 4.69) is 61.5 Å². The van der Waals surface area contributed by atoms with Crippen molar-refractivity contribution in [3.05, 3.63) is 71.3 Å². The zero-order chi connectivity index (χ0) is 23.3. The molecule has 2 aromatic rings. The summed E-state index contributed by atoms with van der Waals surface area (Å²) < 4.78 is 6.00. The van der Waals surface area contributed by atoms with Gasteiger partial charge in [0.25, 0.3) is 0 Å². The number of hydrogen-bond acceptors (Lipinski definition) is 2. The van der Waals surface area contributed by atoms with Crippen LogP contribution in [0.5, 0.6) is 0 Å². The molecule has 0 aromatic heterocycles. The number of carbonyl (C=O) groups is 1. The quantitative estimate of drug-likeness (QED) is 0.265. The van der Waals surface area contributed by atoms with Crippen molar-refractivity contribution in [2.24, 2.45) is 0 Å². The highest BCUT2D eigenvalue weighted by molar-refractivity contribution is 5.79. The molecule has 180 valence electrons. The maximum Gasteiger partial charge on any atom is 0.410 e. The average Bonchev–Trinajstić information content (AvgIpc) is 3.33. The normalized spacial score (nSPS) is 20.7. The molecule has 3 nitrogen and oxygen atoms in total. The van der Waals surface area contributed by atoms with Gasteiger partial charge in [0.05, 0.1) is 6.04 Å². The fourth-order valence-electron chi connectivity index (χ4n) is 6.37. The van der Waals surface area contributed by atoms with Crippen molar-refractivity contribution in [1.29, 1.82) is 0 Å². The molecular weight excluding hydrogens is 418 g/mol. The third-order valence-electron chi connectivity index (χ3n) is 8.12. The summed E-state index contributed by atoms with van der Waals surface area (Å²) in [6, 6.07) is 17.6. The van der Waals surface area contributed by atoms with E-state index >= 15 is 0 Å². The van der Waals surface area contributed by atoms with Crippen LogP contribution in [0.4, 0.5) is 4.79 Å². The summed E-state index contributed by atoms with van der Waals surface area (Å²) in [5.74, 6) is 0.127. The van der Waals surface area contributed by atoms with Gasteiger partial charge in [0.15, 0.2) is 0 Å². The minimum absolute atomic E-state index is 0.124. The van der Waals surface area contributed by atoms with Crippen LogP contribution in [-0.4, -0.2) is 29.7 Å². The van der Waals surface area contributed by atoms with Crippen LogP contribution in [0.25, 0.3) is 11.1 Å². The van der Waals surface area contributed by atoms with Gasteiger partial charge in [0.2, 0.25) is 0 Å². The molecule has 34 heavy (non-hydrogen) atoms. The van der Waals surface area contributed by atoms with Crippen molar-refractivity contribution in [1.82, 2.24) is 4.90 Å². The SMILES string of the molecule is CCCCCCCCCC1=CC2CCC(C1)N2C(=O)OCC1c2ccccc2-c2ccccc21. The Bertz CT molecular complexity index is 980.